The molecule has 7 heteroatoms. The Morgan fingerprint density at radius 2 is 2.08 bits per heavy atom. The molecule has 2 saturated carbocycles. The van der Waals surface area contributed by atoms with Gasteiger partial charge in [0.15, 0.2) is 5.96 Å². The van der Waals surface area contributed by atoms with Gasteiger partial charge in [-0.2, -0.15) is 0 Å². The average molecular weight is 360 g/mol. The third-order valence-electron chi connectivity index (χ3n) is 6.64. The molecule has 3 atom stereocenters. The second-order valence-electron chi connectivity index (χ2n) is 8.03. The molecule has 1 saturated heterocycles. The van der Waals surface area contributed by atoms with Gasteiger partial charge in [0.1, 0.15) is 12.2 Å². The van der Waals surface area contributed by atoms with Gasteiger partial charge >= 0.3 is 0 Å². The summed E-state index contributed by atoms with van der Waals surface area (Å²) in [6.45, 7) is 8.37. The zero-order chi connectivity index (χ0) is 17.9. The SMILES string of the molecule is CCc1nncn1CCNC(=NC)N1CCN(C2CC3CCC2C3)CC1. The fraction of sp³-hybridized carbons (Fsp3) is 0.842. The number of guanidine groups is 1. The molecule has 2 aliphatic carbocycles. The van der Waals surface area contributed by atoms with Gasteiger partial charge in [0.2, 0.25) is 0 Å². The number of rotatable bonds is 5. The molecule has 2 bridgehead atoms. The van der Waals surface area contributed by atoms with E-state index in [4.69, 9.17) is 0 Å². The van der Waals surface area contributed by atoms with Crippen molar-refractivity contribution in [3.8, 4) is 0 Å². The standard InChI is InChI=1S/C19H33N7/c1-3-18-23-22-14-26(18)7-6-21-19(20-2)25-10-8-24(9-11-25)17-13-15-4-5-16(17)12-15/h14-17H,3-13H2,1-2H3,(H,20,21). The van der Waals surface area contributed by atoms with Crippen molar-refractivity contribution >= 4 is 5.96 Å². The molecule has 144 valence electrons. The fourth-order valence-corrected chi connectivity index (χ4v) is 5.28. The summed E-state index contributed by atoms with van der Waals surface area (Å²) in [5, 5.41) is 11.7. The average Bonchev–Trinajstić information content (AvgIpc) is 3.42. The monoisotopic (exact) mass is 359 g/mol. The van der Waals surface area contributed by atoms with E-state index in [0.29, 0.717) is 0 Å². The Hall–Kier alpha value is -1.63. The fourth-order valence-electron chi connectivity index (χ4n) is 5.28. The van der Waals surface area contributed by atoms with Crippen LogP contribution >= 0.6 is 0 Å². The molecule has 1 aromatic rings. The number of hydrogen-bond donors (Lipinski definition) is 1. The molecule has 26 heavy (non-hydrogen) atoms. The summed E-state index contributed by atoms with van der Waals surface area (Å²) in [5.74, 6) is 4.09. The van der Waals surface area contributed by atoms with Crippen molar-refractivity contribution in [1.29, 1.82) is 0 Å². The number of hydrogen-bond acceptors (Lipinski definition) is 4. The molecular formula is C19H33N7. The molecular weight excluding hydrogens is 326 g/mol. The van der Waals surface area contributed by atoms with Gasteiger partial charge in [-0.3, -0.25) is 9.89 Å². The van der Waals surface area contributed by atoms with Crippen LogP contribution in [-0.2, 0) is 13.0 Å². The Kier molecular flexibility index (Phi) is 5.43. The van der Waals surface area contributed by atoms with E-state index in [2.05, 4.69) is 41.8 Å². The molecule has 3 aliphatic rings. The predicted octanol–water partition coefficient (Wildman–Crippen LogP) is 1.22. The second kappa shape index (κ2) is 7.94. The van der Waals surface area contributed by atoms with Crippen molar-refractivity contribution in [3.05, 3.63) is 12.2 Å². The number of piperazine rings is 1. The number of nitrogens with zero attached hydrogens (tertiary/aromatic N) is 6. The molecule has 4 rings (SSSR count). The highest BCUT2D eigenvalue weighted by Gasteiger charge is 2.42. The van der Waals surface area contributed by atoms with Crippen molar-refractivity contribution in [1.82, 2.24) is 29.9 Å². The topological polar surface area (TPSA) is 61.6 Å². The van der Waals surface area contributed by atoms with Crippen molar-refractivity contribution in [2.75, 3.05) is 39.8 Å². The number of fused-ring (bicyclic) bond motifs is 2. The van der Waals surface area contributed by atoms with E-state index in [1.165, 1.54) is 38.8 Å². The van der Waals surface area contributed by atoms with Gasteiger partial charge in [0.25, 0.3) is 0 Å². The summed E-state index contributed by atoms with van der Waals surface area (Å²) in [6.07, 6.45) is 8.65. The van der Waals surface area contributed by atoms with Crippen LogP contribution in [0.2, 0.25) is 0 Å². The molecule has 2 heterocycles. The maximum absolute atomic E-state index is 4.51. The Bertz CT molecular complexity index is 617. The first-order chi connectivity index (χ1) is 12.8. The van der Waals surface area contributed by atoms with E-state index in [1.54, 1.807) is 0 Å². The zero-order valence-corrected chi connectivity index (χ0v) is 16.3. The van der Waals surface area contributed by atoms with Crippen LogP contribution in [0.25, 0.3) is 0 Å². The van der Waals surface area contributed by atoms with Gasteiger partial charge in [-0.1, -0.05) is 13.3 Å². The van der Waals surface area contributed by atoms with Crippen LogP contribution < -0.4 is 5.32 Å². The van der Waals surface area contributed by atoms with Gasteiger partial charge in [-0.25, -0.2) is 0 Å². The van der Waals surface area contributed by atoms with E-state index in [-0.39, 0.29) is 0 Å². The second-order valence-corrected chi connectivity index (χ2v) is 8.03. The van der Waals surface area contributed by atoms with E-state index < -0.39 is 0 Å². The Morgan fingerprint density at radius 1 is 1.23 bits per heavy atom. The number of aliphatic imine (C=N–C) groups is 1. The maximum Gasteiger partial charge on any atom is 0.193 e. The lowest BCUT2D eigenvalue weighted by molar-refractivity contribution is 0.0958. The number of nitrogens with one attached hydrogen (secondary N) is 1. The first kappa shape index (κ1) is 17.8. The lowest BCUT2D eigenvalue weighted by Gasteiger charge is -2.42. The van der Waals surface area contributed by atoms with Crippen molar-refractivity contribution in [2.24, 2.45) is 16.8 Å². The van der Waals surface area contributed by atoms with E-state index in [9.17, 15) is 0 Å². The molecule has 1 aliphatic heterocycles. The molecule has 1 N–H and O–H groups in total. The Morgan fingerprint density at radius 3 is 2.73 bits per heavy atom. The summed E-state index contributed by atoms with van der Waals surface area (Å²) >= 11 is 0. The molecule has 0 amide bonds. The van der Waals surface area contributed by atoms with Crippen LogP contribution in [0.1, 0.15) is 38.4 Å². The van der Waals surface area contributed by atoms with Crippen molar-refractivity contribution in [2.45, 2.75) is 51.6 Å². The van der Waals surface area contributed by atoms with E-state index >= 15 is 0 Å². The lowest BCUT2D eigenvalue weighted by Crippen LogP contribution is -2.55. The first-order valence-electron chi connectivity index (χ1n) is 10.3. The van der Waals surface area contributed by atoms with Crippen LogP contribution in [0, 0.1) is 11.8 Å². The highest BCUT2D eigenvalue weighted by Crippen LogP contribution is 2.46. The zero-order valence-electron chi connectivity index (χ0n) is 16.3. The minimum absolute atomic E-state index is 0.851. The van der Waals surface area contributed by atoms with Crippen LogP contribution in [0.4, 0.5) is 0 Å². The summed E-state index contributed by atoms with van der Waals surface area (Å²) in [6, 6.07) is 0.868. The molecule has 3 unspecified atom stereocenters. The molecule has 0 radical (unpaired) electrons. The van der Waals surface area contributed by atoms with E-state index in [0.717, 1.165) is 62.3 Å². The van der Waals surface area contributed by atoms with Gasteiger partial charge < -0.3 is 14.8 Å². The highest BCUT2D eigenvalue weighted by molar-refractivity contribution is 5.79. The van der Waals surface area contributed by atoms with Gasteiger partial charge in [-0.05, 0) is 31.1 Å². The maximum atomic E-state index is 4.51. The van der Waals surface area contributed by atoms with Gasteiger partial charge in [-0.15, -0.1) is 10.2 Å². The molecule has 3 fully saturated rings. The van der Waals surface area contributed by atoms with Crippen molar-refractivity contribution < 1.29 is 0 Å². The summed E-state index contributed by atoms with van der Waals surface area (Å²) in [4.78, 5) is 9.68. The molecule has 0 spiro atoms. The summed E-state index contributed by atoms with van der Waals surface area (Å²) < 4.78 is 2.12. The first-order valence-corrected chi connectivity index (χ1v) is 10.3. The summed E-state index contributed by atoms with van der Waals surface area (Å²) in [5.41, 5.74) is 0. The van der Waals surface area contributed by atoms with Crippen LogP contribution in [0.3, 0.4) is 0 Å². The molecule has 1 aromatic heterocycles. The normalized spacial score (nSPS) is 29.5. The largest absolute Gasteiger partial charge is 0.354 e. The third-order valence-corrected chi connectivity index (χ3v) is 6.64. The highest BCUT2D eigenvalue weighted by atomic mass is 15.4. The van der Waals surface area contributed by atoms with Crippen LogP contribution in [0.15, 0.2) is 11.3 Å². The van der Waals surface area contributed by atoms with E-state index in [1.807, 2.05) is 13.4 Å². The Balaban J connectivity index is 1.23. The molecule has 7 nitrogen and oxygen atoms in total. The smallest absolute Gasteiger partial charge is 0.193 e. The lowest BCUT2D eigenvalue weighted by atomic mass is 9.93. The number of aromatic nitrogens is 3. The van der Waals surface area contributed by atoms with Gasteiger partial charge in [0.05, 0.1) is 0 Å². The molecule has 0 aromatic carbocycles. The predicted molar refractivity (Wildman–Crippen MR) is 103 cm³/mol. The Labute approximate surface area is 156 Å². The minimum atomic E-state index is 0.851. The van der Waals surface area contributed by atoms with Gasteiger partial charge in [0, 0.05) is 58.8 Å². The van der Waals surface area contributed by atoms with Crippen LogP contribution in [0.5, 0.6) is 0 Å². The quantitative estimate of drug-likeness (QED) is 0.633. The number of aryl methyl sites for hydroxylation is 1. The van der Waals surface area contributed by atoms with Crippen LogP contribution in [-0.4, -0.2) is 76.3 Å². The van der Waals surface area contributed by atoms with Crippen molar-refractivity contribution in [3.63, 3.8) is 0 Å². The minimum Gasteiger partial charge on any atom is -0.354 e. The third kappa shape index (κ3) is 3.59. The summed E-state index contributed by atoms with van der Waals surface area (Å²) in [7, 11) is 1.89.